The lowest BCUT2D eigenvalue weighted by molar-refractivity contribution is -0.920. The highest BCUT2D eigenvalue weighted by Crippen LogP contribution is 2.40. The molecule has 2 aromatic rings. The molecule has 2 N–H and O–H groups in total. The molecule has 0 saturated carbocycles. The smallest absolute Gasteiger partial charge is 0.161 e. The number of benzene rings is 2. The molecule has 33 heavy (non-hydrogen) atoms. The van der Waals surface area contributed by atoms with Crippen LogP contribution in [0.4, 0.5) is 0 Å². The number of nitriles is 1. The van der Waals surface area contributed by atoms with E-state index in [1.807, 2.05) is 6.07 Å². The van der Waals surface area contributed by atoms with E-state index in [2.05, 4.69) is 69.4 Å². The van der Waals surface area contributed by atoms with Crippen LogP contribution in [0.25, 0.3) is 0 Å². The number of likely N-dealkylation sites (tertiary alicyclic amines) is 1. The second kappa shape index (κ2) is 11.5. The summed E-state index contributed by atoms with van der Waals surface area (Å²) in [6.45, 7) is 8.79. The largest absolute Gasteiger partial charge is 0.493 e. The van der Waals surface area contributed by atoms with Gasteiger partial charge >= 0.3 is 0 Å². The van der Waals surface area contributed by atoms with E-state index in [0.717, 1.165) is 37.6 Å². The summed E-state index contributed by atoms with van der Waals surface area (Å²) < 4.78 is 10.9. The number of quaternary nitrogens is 2. The molecule has 1 aliphatic rings. The van der Waals surface area contributed by atoms with Gasteiger partial charge in [0.05, 0.1) is 59.4 Å². The monoisotopic (exact) mass is 451 g/mol. The fourth-order valence-electron chi connectivity index (χ4n) is 5.68. The van der Waals surface area contributed by atoms with E-state index in [0.29, 0.717) is 18.4 Å². The number of hydrogen-bond donors (Lipinski definition) is 2. The molecule has 0 aromatic heterocycles. The molecule has 1 aliphatic heterocycles. The first-order valence-electron chi connectivity index (χ1n) is 12.2. The van der Waals surface area contributed by atoms with Crippen molar-refractivity contribution in [3.05, 3.63) is 59.7 Å². The van der Waals surface area contributed by atoms with Crippen LogP contribution in [0.2, 0.25) is 0 Å². The minimum Gasteiger partial charge on any atom is -0.493 e. The number of rotatable bonds is 10. The van der Waals surface area contributed by atoms with Crippen molar-refractivity contribution in [2.75, 3.05) is 40.9 Å². The number of ether oxygens (including phenoxy) is 2. The van der Waals surface area contributed by atoms with Gasteiger partial charge in [0.1, 0.15) is 6.54 Å². The minimum atomic E-state index is 0.176. The third-order valence-electron chi connectivity index (χ3n) is 7.85. The van der Waals surface area contributed by atoms with Crippen LogP contribution in [0.1, 0.15) is 44.2 Å². The summed E-state index contributed by atoms with van der Waals surface area (Å²) in [4.78, 5) is 3.08. The van der Waals surface area contributed by atoms with E-state index >= 15 is 0 Å². The molecule has 2 aromatic carbocycles. The van der Waals surface area contributed by atoms with Gasteiger partial charge in [0.25, 0.3) is 0 Å². The molecule has 0 spiro atoms. The van der Waals surface area contributed by atoms with E-state index in [1.54, 1.807) is 19.1 Å². The summed E-state index contributed by atoms with van der Waals surface area (Å²) in [5.41, 5.74) is 2.86. The van der Waals surface area contributed by atoms with Gasteiger partial charge in [0.2, 0.25) is 0 Å². The topological polar surface area (TPSA) is 51.1 Å². The molecule has 5 heteroatoms. The van der Waals surface area contributed by atoms with Crippen molar-refractivity contribution in [2.24, 2.45) is 5.92 Å². The normalized spacial score (nSPS) is 25.8. The quantitative estimate of drug-likeness (QED) is 0.583. The highest BCUT2D eigenvalue weighted by Gasteiger charge is 2.46. The Morgan fingerprint density at radius 3 is 2.45 bits per heavy atom. The maximum atomic E-state index is 9.28. The summed E-state index contributed by atoms with van der Waals surface area (Å²) >= 11 is 0. The number of hydrogen-bond acceptors (Lipinski definition) is 3. The molecular weight excluding hydrogens is 410 g/mol. The van der Waals surface area contributed by atoms with E-state index < -0.39 is 0 Å². The average Bonchev–Trinajstić information content (AvgIpc) is 2.84. The highest BCUT2D eigenvalue weighted by atomic mass is 16.5. The first-order chi connectivity index (χ1) is 15.9. The van der Waals surface area contributed by atoms with E-state index in [9.17, 15) is 5.26 Å². The number of nitrogens with one attached hydrogen (secondary N) is 2. The van der Waals surface area contributed by atoms with Gasteiger partial charge in [-0.3, -0.25) is 0 Å². The molecule has 3 rings (SSSR count). The van der Waals surface area contributed by atoms with Crippen LogP contribution in [0.5, 0.6) is 11.5 Å². The van der Waals surface area contributed by atoms with Crippen LogP contribution in [-0.4, -0.2) is 46.9 Å². The molecule has 1 saturated heterocycles. The molecule has 5 nitrogen and oxygen atoms in total. The fourth-order valence-corrected chi connectivity index (χ4v) is 5.68. The SMILES string of the molecule is COc1ccc(C[NH+](CCC#N)CCC2(c3ccccc3)CC(C)[NH+](C)CC2C)cc1OC. The Balaban J connectivity index is 1.83. The van der Waals surface area contributed by atoms with Crippen molar-refractivity contribution in [3.63, 3.8) is 0 Å². The Bertz CT molecular complexity index is 926. The molecule has 0 bridgehead atoms. The van der Waals surface area contributed by atoms with E-state index in [-0.39, 0.29) is 5.41 Å². The molecular formula is C28H41N3O2+2. The lowest BCUT2D eigenvalue weighted by Gasteiger charge is -2.47. The van der Waals surface area contributed by atoms with Gasteiger partial charge in [-0.25, -0.2) is 0 Å². The summed E-state index contributed by atoms with van der Waals surface area (Å²) in [5.74, 6) is 2.12. The number of nitrogens with zero attached hydrogens (tertiary/aromatic N) is 1. The van der Waals surface area contributed by atoms with Crippen LogP contribution in [0.15, 0.2) is 48.5 Å². The van der Waals surface area contributed by atoms with Gasteiger partial charge in [0, 0.05) is 29.7 Å². The molecule has 178 valence electrons. The Morgan fingerprint density at radius 1 is 1.06 bits per heavy atom. The van der Waals surface area contributed by atoms with Gasteiger partial charge in [-0.1, -0.05) is 37.3 Å². The van der Waals surface area contributed by atoms with Gasteiger partial charge < -0.3 is 19.3 Å². The third kappa shape index (κ3) is 5.88. The molecule has 5 unspecified atom stereocenters. The maximum absolute atomic E-state index is 9.28. The molecule has 5 atom stereocenters. The van der Waals surface area contributed by atoms with Gasteiger partial charge in [-0.05, 0) is 30.7 Å². The highest BCUT2D eigenvalue weighted by molar-refractivity contribution is 5.42. The first-order valence-corrected chi connectivity index (χ1v) is 12.2. The van der Waals surface area contributed by atoms with Crippen LogP contribution < -0.4 is 19.3 Å². The Kier molecular flexibility index (Phi) is 8.77. The van der Waals surface area contributed by atoms with E-state index in [1.165, 1.54) is 29.0 Å². The second-order valence-electron chi connectivity index (χ2n) is 9.85. The summed E-state index contributed by atoms with van der Waals surface area (Å²) in [6, 6.07) is 20.3. The Labute approximate surface area is 199 Å². The minimum absolute atomic E-state index is 0.176. The number of methoxy groups -OCH3 is 2. The standard InChI is InChI=1S/C28H39N3O2/c1-22-20-30(3)23(2)19-28(22,25-10-7-6-8-11-25)14-17-31(16-9-15-29)21-24-12-13-26(32-4)27(18-24)33-5/h6-8,10-13,18,22-23H,9,14,16-17,19-21H2,1-5H3/p+2. The van der Waals surface area contributed by atoms with Gasteiger partial charge in [-0.15, -0.1) is 0 Å². The summed E-state index contributed by atoms with van der Waals surface area (Å²) in [5, 5.41) is 9.28. The lowest BCUT2D eigenvalue weighted by Crippen LogP contribution is -3.15. The average molecular weight is 452 g/mol. The van der Waals surface area contributed by atoms with Crippen molar-refractivity contribution in [3.8, 4) is 17.6 Å². The Hall–Kier alpha value is -2.55. The van der Waals surface area contributed by atoms with Crippen molar-refractivity contribution in [1.29, 1.82) is 5.26 Å². The zero-order valence-corrected chi connectivity index (χ0v) is 21.0. The Morgan fingerprint density at radius 2 is 1.79 bits per heavy atom. The van der Waals surface area contributed by atoms with E-state index in [4.69, 9.17) is 9.47 Å². The van der Waals surface area contributed by atoms with Crippen LogP contribution in [0, 0.1) is 17.2 Å². The fraction of sp³-hybridized carbons (Fsp3) is 0.536. The number of piperidine rings is 1. The molecule has 0 aliphatic carbocycles. The van der Waals surface area contributed by atoms with Crippen LogP contribution >= 0.6 is 0 Å². The predicted octanol–water partition coefficient (Wildman–Crippen LogP) is 2.27. The molecule has 0 radical (unpaired) electrons. The predicted molar refractivity (Wildman–Crippen MR) is 132 cm³/mol. The molecule has 1 fully saturated rings. The van der Waals surface area contributed by atoms with Crippen molar-refractivity contribution < 1.29 is 19.3 Å². The van der Waals surface area contributed by atoms with Gasteiger partial charge in [0.15, 0.2) is 11.5 Å². The summed E-state index contributed by atoms with van der Waals surface area (Å²) in [7, 11) is 5.67. The zero-order chi connectivity index (χ0) is 23.8. The molecule has 1 heterocycles. The maximum Gasteiger partial charge on any atom is 0.161 e. The lowest BCUT2D eigenvalue weighted by atomic mass is 9.63. The third-order valence-corrected chi connectivity index (χ3v) is 7.85. The van der Waals surface area contributed by atoms with Crippen molar-refractivity contribution in [1.82, 2.24) is 0 Å². The van der Waals surface area contributed by atoms with Crippen molar-refractivity contribution >= 4 is 0 Å². The summed E-state index contributed by atoms with van der Waals surface area (Å²) in [6.07, 6.45) is 2.90. The molecule has 0 amide bonds. The van der Waals surface area contributed by atoms with Crippen LogP contribution in [0.3, 0.4) is 0 Å². The van der Waals surface area contributed by atoms with Crippen LogP contribution in [-0.2, 0) is 12.0 Å². The second-order valence-corrected chi connectivity index (χ2v) is 9.85. The first kappa shape index (κ1) is 25.1. The van der Waals surface area contributed by atoms with Crippen molar-refractivity contribution in [2.45, 2.75) is 51.1 Å². The zero-order valence-electron chi connectivity index (χ0n) is 21.0. The van der Waals surface area contributed by atoms with Gasteiger partial charge in [-0.2, -0.15) is 5.26 Å².